The standard InChI is InChI=1S/C13H21BrN2S/c1-13(9-15,6-10-3-4-10)16(2)7-11-5-12(14)17-8-11/h5,8,10H,3-4,6-7,9,15H2,1-2H3. The number of halogens is 1. The third-order valence-corrected chi connectivity index (χ3v) is 5.38. The van der Waals surface area contributed by atoms with Crippen LogP contribution in [-0.4, -0.2) is 24.0 Å². The number of thiophene rings is 1. The summed E-state index contributed by atoms with van der Waals surface area (Å²) in [5, 5.41) is 2.22. The predicted octanol–water partition coefficient (Wildman–Crippen LogP) is 3.46. The molecule has 0 saturated heterocycles. The van der Waals surface area contributed by atoms with Crippen molar-refractivity contribution < 1.29 is 0 Å². The molecule has 1 atom stereocenters. The molecule has 0 bridgehead atoms. The normalized spacial score (nSPS) is 19.6. The first-order valence-electron chi connectivity index (χ1n) is 6.18. The molecule has 0 aromatic carbocycles. The van der Waals surface area contributed by atoms with Gasteiger partial charge in [-0.1, -0.05) is 12.8 Å². The molecule has 0 aliphatic heterocycles. The highest BCUT2D eigenvalue weighted by atomic mass is 79.9. The molecule has 17 heavy (non-hydrogen) atoms. The number of nitrogens with two attached hydrogens (primary N) is 1. The topological polar surface area (TPSA) is 29.3 Å². The average Bonchev–Trinajstić information content (AvgIpc) is 3.01. The monoisotopic (exact) mass is 316 g/mol. The Morgan fingerprint density at radius 2 is 2.29 bits per heavy atom. The Kier molecular flexibility index (Phi) is 4.29. The molecule has 0 spiro atoms. The Labute approximate surface area is 116 Å². The van der Waals surface area contributed by atoms with Crippen molar-refractivity contribution in [2.75, 3.05) is 13.6 Å². The van der Waals surface area contributed by atoms with Crippen LogP contribution in [0.25, 0.3) is 0 Å². The largest absolute Gasteiger partial charge is 0.329 e. The Morgan fingerprint density at radius 1 is 1.59 bits per heavy atom. The highest BCUT2D eigenvalue weighted by molar-refractivity contribution is 9.11. The van der Waals surface area contributed by atoms with E-state index in [1.807, 2.05) is 0 Å². The molecule has 1 saturated carbocycles. The lowest BCUT2D eigenvalue weighted by Gasteiger charge is -2.38. The van der Waals surface area contributed by atoms with Gasteiger partial charge in [-0.3, -0.25) is 4.90 Å². The fourth-order valence-corrected chi connectivity index (χ4v) is 3.43. The Balaban J connectivity index is 1.98. The van der Waals surface area contributed by atoms with Gasteiger partial charge in [-0.2, -0.15) is 0 Å². The lowest BCUT2D eigenvalue weighted by Crippen LogP contribution is -2.49. The summed E-state index contributed by atoms with van der Waals surface area (Å²) in [5.74, 6) is 0.917. The van der Waals surface area contributed by atoms with E-state index >= 15 is 0 Å². The Hall–Kier alpha value is 0.1000. The first kappa shape index (κ1) is 13.5. The van der Waals surface area contributed by atoms with Gasteiger partial charge in [0, 0.05) is 18.6 Å². The van der Waals surface area contributed by atoms with Crippen LogP contribution < -0.4 is 5.73 Å². The Bertz CT molecular complexity index is 375. The summed E-state index contributed by atoms with van der Waals surface area (Å²) in [5.41, 5.74) is 7.52. The van der Waals surface area contributed by atoms with E-state index in [0.717, 1.165) is 19.0 Å². The first-order chi connectivity index (χ1) is 8.03. The molecule has 0 amide bonds. The molecule has 1 heterocycles. The second kappa shape index (κ2) is 5.39. The number of hydrogen-bond donors (Lipinski definition) is 1. The molecule has 1 aliphatic rings. The van der Waals surface area contributed by atoms with Crippen molar-refractivity contribution >= 4 is 27.3 Å². The fourth-order valence-electron chi connectivity index (χ4n) is 2.23. The van der Waals surface area contributed by atoms with Gasteiger partial charge in [0.2, 0.25) is 0 Å². The van der Waals surface area contributed by atoms with Gasteiger partial charge >= 0.3 is 0 Å². The van der Waals surface area contributed by atoms with Gasteiger partial charge in [-0.15, -0.1) is 11.3 Å². The molecular weight excluding hydrogens is 296 g/mol. The summed E-state index contributed by atoms with van der Waals surface area (Å²) in [6.45, 7) is 4.03. The van der Waals surface area contributed by atoms with E-state index in [4.69, 9.17) is 5.73 Å². The van der Waals surface area contributed by atoms with Crippen LogP contribution in [0.3, 0.4) is 0 Å². The third kappa shape index (κ3) is 3.53. The second-order valence-electron chi connectivity index (χ2n) is 5.46. The summed E-state index contributed by atoms with van der Waals surface area (Å²) in [7, 11) is 2.20. The molecule has 2 rings (SSSR count). The zero-order valence-electron chi connectivity index (χ0n) is 10.6. The van der Waals surface area contributed by atoms with E-state index in [9.17, 15) is 0 Å². The lowest BCUT2D eigenvalue weighted by atomic mass is 9.92. The minimum absolute atomic E-state index is 0.148. The minimum Gasteiger partial charge on any atom is -0.329 e. The van der Waals surface area contributed by atoms with Gasteiger partial charge in [0.05, 0.1) is 3.79 Å². The molecule has 2 N–H and O–H groups in total. The maximum Gasteiger partial charge on any atom is 0.0701 e. The van der Waals surface area contributed by atoms with E-state index in [1.54, 1.807) is 11.3 Å². The van der Waals surface area contributed by atoms with Gasteiger partial charge in [0.25, 0.3) is 0 Å². The fraction of sp³-hybridized carbons (Fsp3) is 0.692. The smallest absolute Gasteiger partial charge is 0.0701 e. The second-order valence-corrected chi connectivity index (χ2v) is 7.75. The molecule has 1 aromatic heterocycles. The molecule has 1 unspecified atom stereocenters. The summed E-state index contributed by atoms with van der Waals surface area (Å²) in [6, 6.07) is 2.20. The maximum absolute atomic E-state index is 5.99. The molecule has 0 radical (unpaired) electrons. The maximum atomic E-state index is 5.99. The van der Waals surface area contributed by atoms with E-state index in [1.165, 1.54) is 28.6 Å². The van der Waals surface area contributed by atoms with Crippen LogP contribution in [0.4, 0.5) is 0 Å². The summed E-state index contributed by atoms with van der Waals surface area (Å²) >= 11 is 5.26. The molecular formula is C13H21BrN2S. The average molecular weight is 317 g/mol. The highest BCUT2D eigenvalue weighted by Gasteiger charge is 2.35. The van der Waals surface area contributed by atoms with E-state index < -0.39 is 0 Å². The predicted molar refractivity (Wildman–Crippen MR) is 78.3 cm³/mol. The van der Waals surface area contributed by atoms with Crippen LogP contribution in [0.2, 0.25) is 0 Å². The lowest BCUT2D eigenvalue weighted by molar-refractivity contribution is 0.120. The summed E-state index contributed by atoms with van der Waals surface area (Å²) < 4.78 is 1.21. The number of hydrogen-bond acceptors (Lipinski definition) is 3. The van der Waals surface area contributed by atoms with Gasteiger partial charge in [-0.05, 0) is 59.2 Å². The van der Waals surface area contributed by atoms with Crippen LogP contribution in [0.15, 0.2) is 15.2 Å². The van der Waals surface area contributed by atoms with Crippen molar-refractivity contribution in [1.82, 2.24) is 4.90 Å². The highest BCUT2D eigenvalue weighted by Crippen LogP contribution is 2.38. The van der Waals surface area contributed by atoms with Crippen molar-refractivity contribution in [3.05, 3.63) is 20.8 Å². The number of likely N-dealkylation sites (N-methyl/N-ethyl adjacent to an activating group) is 1. The Morgan fingerprint density at radius 3 is 2.76 bits per heavy atom. The van der Waals surface area contributed by atoms with E-state index in [0.29, 0.717) is 0 Å². The quantitative estimate of drug-likeness (QED) is 0.870. The van der Waals surface area contributed by atoms with Crippen LogP contribution >= 0.6 is 27.3 Å². The van der Waals surface area contributed by atoms with E-state index in [2.05, 4.69) is 46.2 Å². The molecule has 1 aromatic rings. The zero-order valence-corrected chi connectivity index (χ0v) is 13.0. The van der Waals surface area contributed by atoms with Gasteiger partial charge in [0.1, 0.15) is 0 Å². The minimum atomic E-state index is 0.148. The number of nitrogens with zero attached hydrogens (tertiary/aromatic N) is 1. The molecule has 1 aliphatic carbocycles. The zero-order chi connectivity index (χ0) is 12.5. The van der Waals surface area contributed by atoms with E-state index in [-0.39, 0.29) is 5.54 Å². The van der Waals surface area contributed by atoms with Crippen LogP contribution in [-0.2, 0) is 6.54 Å². The van der Waals surface area contributed by atoms with Gasteiger partial charge in [0.15, 0.2) is 0 Å². The molecule has 1 fully saturated rings. The van der Waals surface area contributed by atoms with Crippen LogP contribution in [0.5, 0.6) is 0 Å². The molecule has 2 nitrogen and oxygen atoms in total. The van der Waals surface area contributed by atoms with Crippen LogP contribution in [0, 0.1) is 5.92 Å². The third-order valence-electron chi connectivity index (χ3n) is 3.83. The molecule has 4 heteroatoms. The van der Waals surface area contributed by atoms with Crippen LogP contribution in [0.1, 0.15) is 31.7 Å². The molecule has 96 valence electrons. The van der Waals surface area contributed by atoms with Crippen molar-refractivity contribution in [2.24, 2.45) is 11.7 Å². The number of rotatable bonds is 6. The summed E-state index contributed by atoms with van der Waals surface area (Å²) in [4.78, 5) is 2.42. The first-order valence-corrected chi connectivity index (χ1v) is 7.85. The van der Waals surface area contributed by atoms with Gasteiger partial charge in [-0.25, -0.2) is 0 Å². The van der Waals surface area contributed by atoms with Crippen molar-refractivity contribution in [1.29, 1.82) is 0 Å². The van der Waals surface area contributed by atoms with Crippen molar-refractivity contribution in [3.63, 3.8) is 0 Å². The summed E-state index contributed by atoms with van der Waals surface area (Å²) in [6.07, 6.45) is 4.03. The van der Waals surface area contributed by atoms with Gasteiger partial charge < -0.3 is 5.73 Å². The SMILES string of the molecule is CN(Cc1csc(Br)c1)C(C)(CN)CC1CC1. The van der Waals surface area contributed by atoms with Crippen molar-refractivity contribution in [2.45, 2.75) is 38.3 Å². The van der Waals surface area contributed by atoms with Crippen molar-refractivity contribution in [3.8, 4) is 0 Å².